The normalized spacial score (nSPS) is 17.4. The van der Waals surface area contributed by atoms with E-state index in [0.29, 0.717) is 12.8 Å². The Morgan fingerprint density at radius 1 is 1.08 bits per heavy atom. The number of furan rings is 1. The van der Waals surface area contributed by atoms with Gasteiger partial charge in [0.15, 0.2) is 0 Å². The first kappa shape index (κ1) is 26.2. The third-order valence-corrected chi connectivity index (χ3v) is 8.64. The predicted molar refractivity (Wildman–Crippen MR) is 143 cm³/mol. The summed E-state index contributed by atoms with van der Waals surface area (Å²) >= 11 is 3.48. The molecule has 1 heterocycles. The molecule has 36 heavy (non-hydrogen) atoms. The van der Waals surface area contributed by atoms with E-state index < -0.39 is 17.6 Å². The number of amides is 2. The fourth-order valence-corrected chi connectivity index (χ4v) is 5.41. The van der Waals surface area contributed by atoms with Crippen LogP contribution in [0.25, 0.3) is 21.9 Å². The smallest absolute Gasteiger partial charge is 0.328 e. The Hall–Kier alpha value is -2.87. The van der Waals surface area contributed by atoms with Crippen LogP contribution in [0.15, 0.2) is 46.9 Å². The van der Waals surface area contributed by atoms with Gasteiger partial charge in [-0.2, -0.15) is 0 Å². The van der Waals surface area contributed by atoms with Crippen LogP contribution in [0.4, 0.5) is 0 Å². The monoisotopic (exact) mass is 556 g/mol. The summed E-state index contributed by atoms with van der Waals surface area (Å²) < 4.78 is 11.0. The number of ether oxygens (including phenoxy) is 1. The van der Waals surface area contributed by atoms with Crippen molar-refractivity contribution in [1.29, 1.82) is 0 Å². The number of nitrogens with one attached hydrogen (secondary N) is 2. The number of halogens is 1. The number of hydrogen-bond donors (Lipinski definition) is 2. The van der Waals surface area contributed by atoms with Crippen molar-refractivity contribution >= 4 is 55.7 Å². The Morgan fingerprint density at radius 3 is 2.47 bits per heavy atom. The van der Waals surface area contributed by atoms with E-state index in [2.05, 4.69) is 26.6 Å². The molecule has 1 fully saturated rings. The molecule has 2 aromatic carbocycles. The molecule has 3 unspecified atom stereocenters. The summed E-state index contributed by atoms with van der Waals surface area (Å²) in [6.07, 6.45) is 3.80. The van der Waals surface area contributed by atoms with E-state index in [9.17, 15) is 14.4 Å². The van der Waals surface area contributed by atoms with Gasteiger partial charge in [0.2, 0.25) is 11.8 Å². The van der Waals surface area contributed by atoms with Crippen LogP contribution in [0.3, 0.4) is 0 Å². The first-order valence-corrected chi connectivity index (χ1v) is 13.4. The van der Waals surface area contributed by atoms with Gasteiger partial charge in [-0.1, -0.05) is 79.4 Å². The van der Waals surface area contributed by atoms with Crippen molar-refractivity contribution in [3.8, 4) is 0 Å². The lowest BCUT2D eigenvalue weighted by molar-refractivity contribution is -0.146. The average molecular weight is 557 g/mol. The van der Waals surface area contributed by atoms with E-state index in [1.807, 2.05) is 56.3 Å². The third kappa shape index (κ3) is 5.28. The second kappa shape index (κ2) is 11.0. The van der Waals surface area contributed by atoms with Gasteiger partial charge in [-0.05, 0) is 36.5 Å². The van der Waals surface area contributed by atoms with Crippen molar-refractivity contribution in [2.75, 3.05) is 7.11 Å². The van der Waals surface area contributed by atoms with Gasteiger partial charge in [0.25, 0.3) is 0 Å². The number of fused-ring (bicyclic) bond motifs is 3. The minimum atomic E-state index is -1.04. The van der Waals surface area contributed by atoms with E-state index in [1.165, 1.54) is 7.11 Å². The molecule has 8 heteroatoms. The summed E-state index contributed by atoms with van der Waals surface area (Å²) in [6, 6.07) is 12.7. The molecule has 0 radical (unpaired) electrons. The molecule has 0 aliphatic heterocycles. The van der Waals surface area contributed by atoms with Gasteiger partial charge in [0.1, 0.15) is 22.7 Å². The fraction of sp³-hybridized carbons (Fsp3) is 0.464. The number of esters is 1. The quantitative estimate of drug-likeness (QED) is 0.284. The summed E-state index contributed by atoms with van der Waals surface area (Å²) in [6.45, 7) is 4.01. The summed E-state index contributed by atoms with van der Waals surface area (Å²) in [5, 5.41) is 7.91. The minimum Gasteiger partial charge on any atom is -0.467 e. The first-order chi connectivity index (χ1) is 17.3. The zero-order valence-corrected chi connectivity index (χ0v) is 22.5. The second-order valence-electron chi connectivity index (χ2n) is 9.75. The lowest BCUT2D eigenvalue weighted by Crippen LogP contribution is -2.61. The molecule has 0 saturated heterocycles. The van der Waals surface area contributed by atoms with E-state index in [1.54, 1.807) is 0 Å². The number of methoxy groups -OCH3 is 1. The number of alkyl halides is 1. The topological polar surface area (TPSA) is 97.6 Å². The molecule has 1 aromatic heterocycles. The van der Waals surface area contributed by atoms with E-state index in [0.717, 1.165) is 46.8 Å². The number of benzene rings is 2. The van der Waals surface area contributed by atoms with Crippen molar-refractivity contribution in [2.24, 2.45) is 5.92 Å². The Labute approximate surface area is 219 Å². The maximum absolute atomic E-state index is 13.5. The number of hydrogen-bond acceptors (Lipinski definition) is 5. The molecule has 1 aliphatic carbocycles. The van der Waals surface area contributed by atoms with Crippen molar-refractivity contribution in [1.82, 2.24) is 10.6 Å². The van der Waals surface area contributed by atoms with E-state index in [-0.39, 0.29) is 29.0 Å². The molecule has 3 atom stereocenters. The number of carbonyl (C=O) groups is 3. The van der Waals surface area contributed by atoms with Crippen LogP contribution in [0.2, 0.25) is 0 Å². The Morgan fingerprint density at radius 2 is 1.78 bits per heavy atom. The SMILES string of the molecule is CCC(C)C(Br)C(=O)NC1(C(=O)NC(Cc2ccc3c(c2)oc2ccccc23)C(=O)OC)CCCC1. The highest BCUT2D eigenvalue weighted by molar-refractivity contribution is 9.10. The largest absolute Gasteiger partial charge is 0.467 e. The average Bonchev–Trinajstić information content (AvgIpc) is 3.51. The van der Waals surface area contributed by atoms with Gasteiger partial charge in [-0.3, -0.25) is 9.59 Å². The lowest BCUT2D eigenvalue weighted by Gasteiger charge is -2.32. The molecule has 192 valence electrons. The molecular formula is C28H33BrN2O5. The van der Waals surface area contributed by atoms with Crippen molar-refractivity contribution in [3.63, 3.8) is 0 Å². The highest BCUT2D eigenvalue weighted by Crippen LogP contribution is 2.32. The third-order valence-electron chi connectivity index (χ3n) is 7.32. The Kier molecular flexibility index (Phi) is 8.03. The molecule has 1 aliphatic rings. The van der Waals surface area contributed by atoms with Gasteiger partial charge in [0.05, 0.1) is 11.9 Å². The van der Waals surface area contributed by atoms with Crippen molar-refractivity contribution < 1.29 is 23.5 Å². The summed E-state index contributed by atoms with van der Waals surface area (Å²) in [5.74, 6) is -0.961. The van der Waals surface area contributed by atoms with Crippen LogP contribution in [0.5, 0.6) is 0 Å². The van der Waals surface area contributed by atoms with Crippen molar-refractivity contribution in [2.45, 2.75) is 68.8 Å². The zero-order chi connectivity index (χ0) is 25.9. The van der Waals surface area contributed by atoms with Gasteiger partial charge in [-0.15, -0.1) is 0 Å². The molecule has 4 rings (SSSR count). The van der Waals surface area contributed by atoms with E-state index in [4.69, 9.17) is 9.15 Å². The molecule has 3 aromatic rings. The Bertz CT molecular complexity index is 1260. The van der Waals surface area contributed by atoms with Gasteiger partial charge < -0.3 is 19.8 Å². The summed E-state index contributed by atoms with van der Waals surface area (Å²) in [7, 11) is 1.30. The van der Waals surface area contributed by atoms with Crippen LogP contribution in [0.1, 0.15) is 51.5 Å². The molecule has 0 spiro atoms. The van der Waals surface area contributed by atoms with Gasteiger partial charge in [0, 0.05) is 17.2 Å². The second-order valence-corrected chi connectivity index (χ2v) is 10.7. The zero-order valence-electron chi connectivity index (χ0n) is 20.9. The number of rotatable bonds is 9. The van der Waals surface area contributed by atoms with Crippen LogP contribution in [-0.2, 0) is 25.5 Å². The lowest BCUT2D eigenvalue weighted by atomic mass is 9.93. The predicted octanol–water partition coefficient (Wildman–Crippen LogP) is 5.02. The minimum absolute atomic E-state index is 0.127. The molecule has 2 amide bonds. The van der Waals surface area contributed by atoms with Crippen LogP contribution < -0.4 is 10.6 Å². The van der Waals surface area contributed by atoms with Crippen LogP contribution >= 0.6 is 15.9 Å². The Balaban J connectivity index is 1.54. The number of para-hydroxylation sites is 1. The summed E-state index contributed by atoms with van der Waals surface area (Å²) in [5.41, 5.74) is 1.31. The molecule has 1 saturated carbocycles. The maximum Gasteiger partial charge on any atom is 0.328 e. The van der Waals surface area contributed by atoms with Crippen molar-refractivity contribution in [3.05, 3.63) is 48.0 Å². The highest BCUT2D eigenvalue weighted by Gasteiger charge is 2.44. The first-order valence-electron chi connectivity index (χ1n) is 12.5. The summed E-state index contributed by atoms with van der Waals surface area (Å²) in [4.78, 5) is 38.8. The van der Waals surface area contributed by atoms with Crippen LogP contribution in [0, 0.1) is 5.92 Å². The fourth-order valence-electron chi connectivity index (χ4n) is 4.92. The van der Waals surface area contributed by atoms with E-state index >= 15 is 0 Å². The number of carbonyl (C=O) groups excluding carboxylic acids is 3. The molecule has 2 N–H and O–H groups in total. The van der Waals surface area contributed by atoms with Crippen LogP contribution in [-0.4, -0.2) is 41.3 Å². The van der Waals surface area contributed by atoms with Gasteiger partial charge in [-0.25, -0.2) is 4.79 Å². The molecular weight excluding hydrogens is 524 g/mol. The standard InChI is InChI=1S/C28H33BrN2O5/c1-4-17(2)24(29)25(32)31-28(13-7-8-14-28)27(34)30-21(26(33)35-3)15-18-11-12-20-19-9-5-6-10-22(19)36-23(20)16-18/h5-6,9-12,16-17,21,24H,4,7-8,13-15H2,1-3H3,(H,30,34)(H,31,32). The molecule has 7 nitrogen and oxygen atoms in total. The maximum atomic E-state index is 13.5. The molecule has 0 bridgehead atoms. The van der Waals surface area contributed by atoms with Gasteiger partial charge >= 0.3 is 5.97 Å². The highest BCUT2D eigenvalue weighted by atomic mass is 79.9.